The molecule has 0 aromatic carbocycles. The van der Waals surface area contributed by atoms with E-state index >= 15 is 0 Å². The summed E-state index contributed by atoms with van der Waals surface area (Å²) in [6.07, 6.45) is 1.54. The first kappa shape index (κ1) is 9.89. The fourth-order valence-electron chi connectivity index (χ4n) is 1.84. The maximum absolute atomic E-state index is 11.5. The minimum atomic E-state index is -0.253. The third-order valence-corrected chi connectivity index (χ3v) is 2.62. The van der Waals surface area contributed by atoms with Crippen molar-refractivity contribution in [2.24, 2.45) is 0 Å². The van der Waals surface area contributed by atoms with E-state index in [2.05, 4.69) is 0 Å². The van der Waals surface area contributed by atoms with Crippen LogP contribution in [0.4, 0.5) is 0 Å². The van der Waals surface area contributed by atoms with Gasteiger partial charge in [-0.1, -0.05) is 0 Å². The van der Waals surface area contributed by atoms with Crippen molar-refractivity contribution in [1.29, 1.82) is 0 Å². The molecule has 1 N–H and O–H groups in total. The molecule has 5 heteroatoms. The van der Waals surface area contributed by atoms with Crippen molar-refractivity contribution in [3.8, 4) is 0 Å². The van der Waals surface area contributed by atoms with Crippen LogP contribution in [0.25, 0.3) is 0 Å². The highest BCUT2D eigenvalue weighted by molar-refractivity contribution is 5.78. The zero-order valence-corrected chi connectivity index (χ0v) is 8.02. The van der Waals surface area contributed by atoms with Gasteiger partial charge in [0.15, 0.2) is 0 Å². The van der Waals surface area contributed by atoms with Gasteiger partial charge in [0.1, 0.15) is 12.8 Å². The monoisotopic (exact) mass is 201 g/mol. The van der Waals surface area contributed by atoms with Crippen molar-refractivity contribution in [2.45, 2.75) is 25.2 Å². The molecule has 0 radical (unpaired) electrons. The largest absolute Gasteiger partial charge is 0.394 e. The Bertz CT molecular complexity index is 215. The van der Waals surface area contributed by atoms with E-state index in [4.69, 9.17) is 14.6 Å². The van der Waals surface area contributed by atoms with Crippen molar-refractivity contribution in [1.82, 2.24) is 4.90 Å². The van der Waals surface area contributed by atoms with Crippen LogP contribution in [0.2, 0.25) is 0 Å². The fraction of sp³-hybridized carbons (Fsp3) is 0.889. The normalized spacial score (nSPS) is 33.8. The Balaban J connectivity index is 1.96. The van der Waals surface area contributed by atoms with E-state index in [0.29, 0.717) is 6.54 Å². The summed E-state index contributed by atoms with van der Waals surface area (Å²) in [5.41, 5.74) is 0. The summed E-state index contributed by atoms with van der Waals surface area (Å²) in [4.78, 5) is 13.2. The number of hydrogen-bond acceptors (Lipinski definition) is 4. The third kappa shape index (κ3) is 1.89. The minimum absolute atomic E-state index is 0.0402. The Hall–Kier alpha value is -0.650. The van der Waals surface area contributed by atoms with E-state index in [9.17, 15) is 4.79 Å². The van der Waals surface area contributed by atoms with Crippen LogP contribution in [0.3, 0.4) is 0 Å². The van der Waals surface area contributed by atoms with Gasteiger partial charge in [-0.2, -0.15) is 0 Å². The summed E-state index contributed by atoms with van der Waals surface area (Å²) in [5, 5.41) is 8.93. The van der Waals surface area contributed by atoms with E-state index < -0.39 is 0 Å². The van der Waals surface area contributed by atoms with Gasteiger partial charge in [0, 0.05) is 6.61 Å². The smallest absolute Gasteiger partial charge is 0.250 e. The van der Waals surface area contributed by atoms with Crippen LogP contribution in [0.15, 0.2) is 0 Å². The van der Waals surface area contributed by atoms with Crippen molar-refractivity contribution >= 4 is 5.91 Å². The van der Waals surface area contributed by atoms with Crippen LogP contribution >= 0.6 is 0 Å². The SMILES string of the molecule is O=C1COC(CO)CN1C1CCCO1. The molecule has 2 rings (SSSR count). The lowest BCUT2D eigenvalue weighted by Gasteiger charge is -2.35. The Labute approximate surface area is 82.6 Å². The minimum Gasteiger partial charge on any atom is -0.394 e. The quantitative estimate of drug-likeness (QED) is 0.644. The molecule has 2 saturated heterocycles. The lowest BCUT2D eigenvalue weighted by atomic mass is 10.2. The topological polar surface area (TPSA) is 59.0 Å². The molecule has 0 spiro atoms. The summed E-state index contributed by atoms with van der Waals surface area (Å²) < 4.78 is 10.6. The highest BCUT2D eigenvalue weighted by atomic mass is 16.5. The number of rotatable bonds is 2. The summed E-state index contributed by atoms with van der Waals surface area (Å²) in [6, 6.07) is 0. The molecule has 14 heavy (non-hydrogen) atoms. The van der Waals surface area contributed by atoms with Crippen LogP contribution < -0.4 is 0 Å². The molecule has 2 fully saturated rings. The molecular weight excluding hydrogens is 186 g/mol. The number of ether oxygens (including phenoxy) is 2. The average Bonchev–Trinajstić information content (AvgIpc) is 2.71. The van der Waals surface area contributed by atoms with Gasteiger partial charge in [0.05, 0.1) is 19.3 Å². The van der Waals surface area contributed by atoms with Crippen molar-refractivity contribution in [3.63, 3.8) is 0 Å². The lowest BCUT2D eigenvalue weighted by Crippen LogP contribution is -2.52. The maximum atomic E-state index is 11.5. The zero-order valence-electron chi connectivity index (χ0n) is 8.02. The average molecular weight is 201 g/mol. The van der Waals surface area contributed by atoms with Gasteiger partial charge >= 0.3 is 0 Å². The second-order valence-electron chi connectivity index (χ2n) is 3.63. The molecule has 0 aromatic heterocycles. The number of aliphatic hydroxyl groups is 1. The molecule has 1 amide bonds. The van der Waals surface area contributed by atoms with Gasteiger partial charge in [-0.15, -0.1) is 0 Å². The number of carbonyl (C=O) groups excluding carboxylic acids is 1. The predicted octanol–water partition coefficient (Wildman–Crippen LogP) is -0.657. The fourth-order valence-corrected chi connectivity index (χ4v) is 1.84. The molecule has 80 valence electrons. The van der Waals surface area contributed by atoms with Crippen LogP contribution in [0.1, 0.15) is 12.8 Å². The molecule has 0 aromatic rings. The van der Waals surface area contributed by atoms with Crippen LogP contribution in [-0.4, -0.2) is 54.6 Å². The first-order chi connectivity index (χ1) is 6.81. The second kappa shape index (κ2) is 4.25. The van der Waals surface area contributed by atoms with E-state index in [1.165, 1.54) is 0 Å². The molecular formula is C9H15NO4. The highest BCUT2D eigenvalue weighted by Crippen LogP contribution is 2.19. The molecule has 0 saturated carbocycles. The third-order valence-electron chi connectivity index (χ3n) is 2.62. The Morgan fingerprint density at radius 2 is 2.36 bits per heavy atom. The molecule has 0 aliphatic carbocycles. The first-order valence-corrected chi connectivity index (χ1v) is 4.95. The predicted molar refractivity (Wildman–Crippen MR) is 47.5 cm³/mol. The van der Waals surface area contributed by atoms with E-state index in [1.807, 2.05) is 0 Å². The van der Waals surface area contributed by atoms with Gasteiger partial charge in [0.2, 0.25) is 0 Å². The molecule has 2 heterocycles. The molecule has 5 nitrogen and oxygen atoms in total. The number of hydrogen-bond donors (Lipinski definition) is 1. The van der Waals surface area contributed by atoms with Gasteiger partial charge in [0.25, 0.3) is 5.91 Å². The maximum Gasteiger partial charge on any atom is 0.250 e. The number of aliphatic hydroxyl groups excluding tert-OH is 1. The van der Waals surface area contributed by atoms with Gasteiger partial charge in [-0.3, -0.25) is 4.79 Å². The lowest BCUT2D eigenvalue weighted by molar-refractivity contribution is -0.166. The van der Waals surface area contributed by atoms with E-state index in [1.54, 1.807) is 4.90 Å². The van der Waals surface area contributed by atoms with E-state index in [0.717, 1.165) is 19.4 Å². The van der Waals surface area contributed by atoms with Crippen molar-refractivity contribution < 1.29 is 19.4 Å². The second-order valence-corrected chi connectivity index (χ2v) is 3.63. The number of nitrogens with zero attached hydrogens (tertiary/aromatic N) is 1. The summed E-state index contributed by atoms with van der Waals surface area (Å²) in [5.74, 6) is -0.0402. The van der Waals surface area contributed by atoms with Gasteiger partial charge < -0.3 is 19.5 Å². The Morgan fingerprint density at radius 3 is 3.00 bits per heavy atom. The molecule has 2 unspecified atom stereocenters. The van der Waals surface area contributed by atoms with Crippen molar-refractivity contribution in [2.75, 3.05) is 26.4 Å². The van der Waals surface area contributed by atoms with Crippen LogP contribution in [0, 0.1) is 0 Å². The Kier molecular flexibility index (Phi) is 3.00. The zero-order chi connectivity index (χ0) is 9.97. The van der Waals surface area contributed by atoms with Gasteiger partial charge in [-0.05, 0) is 12.8 Å². The number of amides is 1. The molecule has 2 aliphatic rings. The molecule has 2 atom stereocenters. The van der Waals surface area contributed by atoms with E-state index in [-0.39, 0.29) is 31.5 Å². The van der Waals surface area contributed by atoms with Crippen LogP contribution in [0.5, 0.6) is 0 Å². The standard InChI is InChI=1S/C9H15NO4/c11-5-7-4-10(8(12)6-14-7)9-2-1-3-13-9/h7,9,11H,1-6H2. The summed E-state index contributed by atoms with van der Waals surface area (Å²) in [6.45, 7) is 1.18. The Morgan fingerprint density at radius 1 is 1.50 bits per heavy atom. The number of carbonyl (C=O) groups is 1. The molecule has 2 aliphatic heterocycles. The summed E-state index contributed by atoms with van der Waals surface area (Å²) in [7, 11) is 0. The van der Waals surface area contributed by atoms with Crippen LogP contribution in [-0.2, 0) is 14.3 Å². The first-order valence-electron chi connectivity index (χ1n) is 4.95. The van der Waals surface area contributed by atoms with Gasteiger partial charge in [-0.25, -0.2) is 0 Å². The number of morpholine rings is 1. The highest BCUT2D eigenvalue weighted by Gasteiger charge is 2.33. The van der Waals surface area contributed by atoms with Crippen molar-refractivity contribution in [3.05, 3.63) is 0 Å². The summed E-state index contributed by atoms with van der Waals surface area (Å²) >= 11 is 0. The molecule has 0 bridgehead atoms.